The number of benzene rings is 2. The second kappa shape index (κ2) is 4.47. The fourth-order valence-corrected chi connectivity index (χ4v) is 2.31. The normalized spacial score (nSPS) is 10.9. The van der Waals surface area contributed by atoms with Gasteiger partial charge in [0, 0.05) is 5.39 Å². The molecule has 0 aliphatic rings. The van der Waals surface area contributed by atoms with Crippen LogP contribution >= 0.6 is 0 Å². The monoisotopic (exact) mass is 252 g/mol. The predicted molar refractivity (Wildman–Crippen MR) is 77.7 cm³/mol. The van der Waals surface area contributed by atoms with Crippen LogP contribution in [0.4, 0.5) is 0 Å². The molecule has 3 aromatic rings. The van der Waals surface area contributed by atoms with Crippen molar-refractivity contribution >= 4 is 11.0 Å². The zero-order valence-corrected chi connectivity index (χ0v) is 11.4. The summed E-state index contributed by atoms with van der Waals surface area (Å²) in [4.78, 5) is 0. The number of rotatable bonds is 2. The average Bonchev–Trinajstić information content (AvgIpc) is 2.74. The van der Waals surface area contributed by atoms with Crippen molar-refractivity contribution in [1.82, 2.24) is 0 Å². The van der Waals surface area contributed by atoms with Gasteiger partial charge in [0.1, 0.15) is 17.1 Å². The summed E-state index contributed by atoms with van der Waals surface area (Å²) in [5.74, 6) is 1.86. The summed E-state index contributed by atoms with van der Waals surface area (Å²) in [5, 5.41) is 1.19. The molecule has 0 spiro atoms. The highest BCUT2D eigenvalue weighted by atomic mass is 16.5. The zero-order chi connectivity index (χ0) is 13.4. The smallest absolute Gasteiger partial charge is 0.134 e. The lowest BCUT2D eigenvalue weighted by Gasteiger charge is -2.04. The fraction of sp³-hybridized carbons (Fsp3) is 0.176. The van der Waals surface area contributed by atoms with Crippen LogP contribution in [-0.2, 0) is 0 Å². The SMILES string of the molecule is COc1ccc(-c2ccc3oc(C)c(C)c3c2)cc1. The number of hydrogen-bond donors (Lipinski definition) is 0. The summed E-state index contributed by atoms with van der Waals surface area (Å²) in [7, 11) is 1.68. The molecule has 1 heterocycles. The predicted octanol–water partition coefficient (Wildman–Crippen LogP) is 4.73. The van der Waals surface area contributed by atoms with Crippen molar-refractivity contribution in [3.05, 3.63) is 53.8 Å². The minimum Gasteiger partial charge on any atom is -0.497 e. The first kappa shape index (κ1) is 11.8. The maximum atomic E-state index is 5.71. The summed E-state index contributed by atoms with van der Waals surface area (Å²) in [6, 6.07) is 14.4. The van der Waals surface area contributed by atoms with E-state index >= 15 is 0 Å². The Kier molecular flexibility index (Phi) is 2.79. The molecule has 0 aliphatic carbocycles. The Labute approximate surface area is 112 Å². The minimum atomic E-state index is 0.875. The van der Waals surface area contributed by atoms with Crippen molar-refractivity contribution in [2.45, 2.75) is 13.8 Å². The van der Waals surface area contributed by atoms with Crippen molar-refractivity contribution < 1.29 is 9.15 Å². The van der Waals surface area contributed by atoms with Gasteiger partial charge in [-0.1, -0.05) is 18.2 Å². The van der Waals surface area contributed by atoms with Crippen LogP contribution in [0.3, 0.4) is 0 Å². The second-order valence-electron chi connectivity index (χ2n) is 4.72. The molecule has 0 atom stereocenters. The van der Waals surface area contributed by atoms with Gasteiger partial charge in [-0.2, -0.15) is 0 Å². The molecule has 96 valence electrons. The molecule has 0 N–H and O–H groups in total. The summed E-state index contributed by atoms with van der Waals surface area (Å²) < 4.78 is 10.9. The highest BCUT2D eigenvalue weighted by Crippen LogP contribution is 2.30. The molecule has 2 nitrogen and oxygen atoms in total. The first-order chi connectivity index (χ1) is 9.19. The third-order valence-corrected chi connectivity index (χ3v) is 3.60. The van der Waals surface area contributed by atoms with Crippen molar-refractivity contribution in [1.29, 1.82) is 0 Å². The molecule has 0 saturated heterocycles. The van der Waals surface area contributed by atoms with E-state index in [0.29, 0.717) is 0 Å². The molecule has 0 bridgehead atoms. The van der Waals surface area contributed by atoms with Crippen LogP contribution in [0.2, 0.25) is 0 Å². The van der Waals surface area contributed by atoms with Crippen LogP contribution < -0.4 is 4.74 Å². The lowest BCUT2D eigenvalue weighted by Crippen LogP contribution is -1.83. The highest BCUT2D eigenvalue weighted by Gasteiger charge is 2.08. The van der Waals surface area contributed by atoms with Gasteiger partial charge in [-0.05, 0) is 54.8 Å². The van der Waals surface area contributed by atoms with Gasteiger partial charge in [0.2, 0.25) is 0 Å². The lowest BCUT2D eigenvalue weighted by atomic mass is 10.0. The van der Waals surface area contributed by atoms with Crippen LogP contribution in [0.15, 0.2) is 46.9 Å². The standard InChI is InChI=1S/C17H16O2/c1-11-12(2)19-17-9-6-14(10-16(11)17)13-4-7-15(18-3)8-5-13/h4-10H,1-3H3. The van der Waals surface area contributed by atoms with E-state index in [1.807, 2.05) is 25.1 Å². The van der Waals surface area contributed by atoms with Crippen molar-refractivity contribution in [2.75, 3.05) is 7.11 Å². The molecule has 0 amide bonds. The third-order valence-electron chi connectivity index (χ3n) is 3.60. The molecule has 0 unspecified atom stereocenters. The van der Waals surface area contributed by atoms with Crippen LogP contribution in [-0.4, -0.2) is 7.11 Å². The number of hydrogen-bond acceptors (Lipinski definition) is 2. The van der Waals surface area contributed by atoms with E-state index in [2.05, 4.69) is 31.2 Å². The largest absolute Gasteiger partial charge is 0.497 e. The molecule has 2 aromatic carbocycles. The lowest BCUT2D eigenvalue weighted by molar-refractivity contribution is 0.415. The Hall–Kier alpha value is -2.22. The molecule has 0 saturated carbocycles. The quantitative estimate of drug-likeness (QED) is 0.658. The Morgan fingerprint density at radius 1 is 0.895 bits per heavy atom. The van der Waals surface area contributed by atoms with Crippen molar-refractivity contribution in [3.63, 3.8) is 0 Å². The highest BCUT2D eigenvalue weighted by molar-refractivity contribution is 5.87. The number of methoxy groups -OCH3 is 1. The van der Waals surface area contributed by atoms with Crippen LogP contribution in [0.25, 0.3) is 22.1 Å². The summed E-state index contributed by atoms with van der Waals surface area (Å²) in [6.07, 6.45) is 0. The maximum absolute atomic E-state index is 5.71. The van der Waals surface area contributed by atoms with E-state index in [9.17, 15) is 0 Å². The minimum absolute atomic E-state index is 0.875. The average molecular weight is 252 g/mol. The summed E-state index contributed by atoms with van der Waals surface area (Å²) >= 11 is 0. The van der Waals surface area contributed by atoms with Gasteiger partial charge in [-0.3, -0.25) is 0 Å². The molecule has 3 rings (SSSR count). The van der Waals surface area contributed by atoms with Crippen LogP contribution in [0.1, 0.15) is 11.3 Å². The molecule has 2 heteroatoms. The Balaban J connectivity index is 2.11. The maximum Gasteiger partial charge on any atom is 0.134 e. The van der Waals surface area contributed by atoms with Gasteiger partial charge in [0.05, 0.1) is 7.11 Å². The molecule has 0 fully saturated rings. The second-order valence-corrected chi connectivity index (χ2v) is 4.72. The Morgan fingerprint density at radius 3 is 2.26 bits per heavy atom. The number of aryl methyl sites for hydroxylation is 2. The van der Waals surface area contributed by atoms with Crippen molar-refractivity contribution in [2.24, 2.45) is 0 Å². The van der Waals surface area contributed by atoms with E-state index in [4.69, 9.17) is 9.15 Å². The van der Waals surface area contributed by atoms with Gasteiger partial charge >= 0.3 is 0 Å². The number of ether oxygens (including phenoxy) is 1. The van der Waals surface area contributed by atoms with E-state index < -0.39 is 0 Å². The summed E-state index contributed by atoms with van der Waals surface area (Å²) in [5.41, 5.74) is 4.54. The molecular weight excluding hydrogens is 236 g/mol. The third kappa shape index (κ3) is 1.99. The van der Waals surface area contributed by atoms with Crippen molar-refractivity contribution in [3.8, 4) is 16.9 Å². The van der Waals surface area contributed by atoms with Gasteiger partial charge in [-0.15, -0.1) is 0 Å². The number of furan rings is 1. The topological polar surface area (TPSA) is 22.4 Å². The Bertz CT molecular complexity index is 721. The van der Waals surface area contributed by atoms with Gasteiger partial charge in [0.25, 0.3) is 0 Å². The first-order valence-electron chi connectivity index (χ1n) is 6.33. The van der Waals surface area contributed by atoms with Crippen LogP contribution in [0, 0.1) is 13.8 Å². The fourth-order valence-electron chi connectivity index (χ4n) is 2.31. The number of fused-ring (bicyclic) bond motifs is 1. The molecule has 1 aromatic heterocycles. The first-order valence-corrected chi connectivity index (χ1v) is 6.33. The van der Waals surface area contributed by atoms with Gasteiger partial charge < -0.3 is 9.15 Å². The molecular formula is C17H16O2. The Morgan fingerprint density at radius 2 is 1.58 bits per heavy atom. The molecule has 19 heavy (non-hydrogen) atoms. The molecule has 0 aliphatic heterocycles. The van der Waals surface area contributed by atoms with E-state index in [-0.39, 0.29) is 0 Å². The van der Waals surface area contributed by atoms with Gasteiger partial charge in [0.15, 0.2) is 0 Å². The van der Waals surface area contributed by atoms with E-state index in [1.165, 1.54) is 22.1 Å². The zero-order valence-electron chi connectivity index (χ0n) is 11.4. The van der Waals surface area contributed by atoms with E-state index in [0.717, 1.165) is 17.1 Å². The molecule has 0 radical (unpaired) electrons. The van der Waals surface area contributed by atoms with Crippen LogP contribution in [0.5, 0.6) is 5.75 Å². The summed E-state index contributed by atoms with van der Waals surface area (Å²) in [6.45, 7) is 4.10. The van der Waals surface area contributed by atoms with Gasteiger partial charge in [-0.25, -0.2) is 0 Å². The van der Waals surface area contributed by atoms with E-state index in [1.54, 1.807) is 7.11 Å².